The number of carbonyl (C=O) groups excluding carboxylic acids is 1. The molecule has 5 nitrogen and oxygen atoms in total. The minimum Gasteiger partial charge on any atom is -0.490 e. The Bertz CT molecular complexity index is 1710. The maximum Gasteiger partial charge on any atom is 0.335 e. The van der Waals surface area contributed by atoms with E-state index in [1.807, 2.05) is 48.5 Å². The highest BCUT2D eigenvalue weighted by Crippen LogP contribution is 2.50. The van der Waals surface area contributed by atoms with Gasteiger partial charge in [0.1, 0.15) is 17.8 Å². The van der Waals surface area contributed by atoms with Crippen LogP contribution in [0.5, 0.6) is 11.5 Å². The lowest BCUT2D eigenvalue weighted by atomic mass is 9.72. The Kier molecular flexibility index (Phi) is 9.25. The van der Waals surface area contributed by atoms with Crippen LogP contribution in [0.4, 0.5) is 0 Å². The van der Waals surface area contributed by atoms with Gasteiger partial charge < -0.3 is 14.6 Å². The van der Waals surface area contributed by atoms with Crippen molar-refractivity contribution in [1.82, 2.24) is 0 Å². The fourth-order valence-electron chi connectivity index (χ4n) is 9.10. The van der Waals surface area contributed by atoms with Gasteiger partial charge in [-0.3, -0.25) is 4.79 Å². The summed E-state index contributed by atoms with van der Waals surface area (Å²) in [6.07, 6.45) is 23.0. The average Bonchev–Trinajstić information content (AvgIpc) is 3.77. The second-order valence-electron chi connectivity index (χ2n) is 15.0. The SMILES string of the molecule is O=C(O)c1ccc2cc(OC3CCC4(CCCC4)CC3)ccc2c1.O=Cc1ccc2cc(OC3CCC4(CCCC4)CC3)ccc2c1. The van der Waals surface area contributed by atoms with E-state index in [9.17, 15) is 9.59 Å². The maximum absolute atomic E-state index is 11.1. The molecule has 2 spiro atoms. The first kappa shape index (κ1) is 31.7. The molecule has 4 aromatic carbocycles. The van der Waals surface area contributed by atoms with Crippen molar-refractivity contribution in [2.75, 3.05) is 0 Å². The number of carboxylic acids is 1. The van der Waals surface area contributed by atoms with Gasteiger partial charge in [-0.05, 0) is 152 Å². The normalized spacial score (nSPS) is 21.8. The number of aromatic carboxylic acids is 1. The van der Waals surface area contributed by atoms with Crippen LogP contribution in [0.3, 0.4) is 0 Å². The first-order valence-electron chi connectivity index (χ1n) is 18.0. The summed E-state index contributed by atoms with van der Waals surface area (Å²) in [5.74, 6) is 0.974. The van der Waals surface area contributed by atoms with Crippen LogP contribution >= 0.6 is 0 Å². The molecule has 4 saturated carbocycles. The van der Waals surface area contributed by atoms with Gasteiger partial charge in [0.2, 0.25) is 0 Å². The molecule has 0 aliphatic heterocycles. The van der Waals surface area contributed by atoms with Crippen molar-refractivity contribution in [1.29, 1.82) is 0 Å². The minimum absolute atomic E-state index is 0.324. The van der Waals surface area contributed by atoms with Gasteiger partial charge in [-0.15, -0.1) is 0 Å². The summed E-state index contributed by atoms with van der Waals surface area (Å²) in [6.45, 7) is 0. The molecule has 0 aromatic heterocycles. The van der Waals surface area contributed by atoms with Crippen molar-refractivity contribution in [2.45, 2.75) is 115 Å². The molecule has 1 N–H and O–H groups in total. The van der Waals surface area contributed by atoms with Crippen molar-refractivity contribution in [2.24, 2.45) is 10.8 Å². The van der Waals surface area contributed by atoms with Crippen LogP contribution in [0.2, 0.25) is 0 Å². The van der Waals surface area contributed by atoms with Gasteiger partial charge >= 0.3 is 5.97 Å². The molecule has 0 atom stereocenters. The summed E-state index contributed by atoms with van der Waals surface area (Å²) in [5, 5.41) is 13.3. The van der Waals surface area contributed by atoms with Crippen LogP contribution in [-0.4, -0.2) is 29.6 Å². The summed E-state index contributed by atoms with van der Waals surface area (Å²) in [5.41, 5.74) is 2.34. The number of hydrogen-bond acceptors (Lipinski definition) is 4. The molecule has 0 saturated heterocycles. The molecule has 47 heavy (non-hydrogen) atoms. The predicted molar refractivity (Wildman–Crippen MR) is 188 cm³/mol. The van der Waals surface area contributed by atoms with Gasteiger partial charge in [-0.25, -0.2) is 4.79 Å². The van der Waals surface area contributed by atoms with E-state index in [1.54, 1.807) is 12.1 Å². The van der Waals surface area contributed by atoms with Gasteiger partial charge in [0.25, 0.3) is 0 Å². The fraction of sp³-hybridized carbons (Fsp3) is 0.476. The number of rotatable bonds is 6. The minimum atomic E-state index is -0.889. The van der Waals surface area contributed by atoms with Gasteiger partial charge in [-0.2, -0.15) is 0 Å². The second-order valence-corrected chi connectivity index (χ2v) is 15.0. The Morgan fingerprint density at radius 2 is 1.00 bits per heavy atom. The van der Waals surface area contributed by atoms with Crippen LogP contribution in [0.1, 0.15) is 123 Å². The topological polar surface area (TPSA) is 72.8 Å². The highest BCUT2D eigenvalue weighted by molar-refractivity contribution is 5.94. The van der Waals surface area contributed by atoms with Crippen molar-refractivity contribution in [3.63, 3.8) is 0 Å². The van der Waals surface area contributed by atoms with E-state index in [2.05, 4.69) is 12.1 Å². The molecule has 4 aliphatic carbocycles. The third-order valence-corrected chi connectivity index (χ3v) is 12.0. The molecule has 0 radical (unpaired) electrons. The summed E-state index contributed by atoms with van der Waals surface area (Å²) in [4.78, 5) is 21.9. The zero-order valence-corrected chi connectivity index (χ0v) is 27.6. The summed E-state index contributed by atoms with van der Waals surface area (Å²) in [6, 6.07) is 23.2. The van der Waals surface area contributed by atoms with Gasteiger partial charge in [0, 0.05) is 5.56 Å². The lowest BCUT2D eigenvalue weighted by Crippen LogP contribution is -2.30. The van der Waals surface area contributed by atoms with Crippen molar-refractivity contribution in [3.8, 4) is 11.5 Å². The molecule has 0 bridgehead atoms. The zero-order chi connectivity index (χ0) is 32.3. The van der Waals surface area contributed by atoms with E-state index >= 15 is 0 Å². The van der Waals surface area contributed by atoms with E-state index in [4.69, 9.17) is 14.6 Å². The van der Waals surface area contributed by atoms with Crippen LogP contribution < -0.4 is 9.47 Å². The highest BCUT2D eigenvalue weighted by Gasteiger charge is 2.39. The molecule has 0 heterocycles. The largest absolute Gasteiger partial charge is 0.490 e. The standard InChI is InChI=1S/C21H24O3.C21H24O2/c22-20(23)17-4-3-16-14-19(6-5-15(16)13-17)24-18-7-11-21(12-8-18)9-1-2-10-21;22-15-16-3-4-18-14-20(6-5-17(18)13-16)23-19-7-11-21(12-8-19)9-1-2-10-21/h3-6,13-14,18H,1-2,7-12H2,(H,22,23);3-6,13-15,19H,1-2,7-12H2. The van der Waals surface area contributed by atoms with E-state index in [1.165, 1.54) is 89.9 Å². The molecule has 5 heteroatoms. The van der Waals surface area contributed by atoms with Crippen LogP contribution in [-0.2, 0) is 0 Å². The van der Waals surface area contributed by atoms with Crippen molar-refractivity contribution in [3.05, 3.63) is 83.9 Å². The lowest BCUT2D eigenvalue weighted by Gasteiger charge is -2.37. The van der Waals surface area contributed by atoms with E-state index in [-0.39, 0.29) is 0 Å². The highest BCUT2D eigenvalue weighted by atomic mass is 16.5. The smallest absolute Gasteiger partial charge is 0.335 e. The Morgan fingerprint density at radius 1 is 0.574 bits per heavy atom. The molecule has 4 fully saturated rings. The Labute approximate surface area is 278 Å². The lowest BCUT2D eigenvalue weighted by molar-refractivity contribution is 0.0697. The monoisotopic (exact) mass is 632 g/mol. The van der Waals surface area contributed by atoms with E-state index in [0.717, 1.165) is 57.7 Å². The number of hydrogen-bond donors (Lipinski definition) is 1. The third-order valence-electron chi connectivity index (χ3n) is 12.0. The molecule has 246 valence electrons. The summed E-state index contributed by atoms with van der Waals surface area (Å²) in [7, 11) is 0. The maximum atomic E-state index is 11.1. The zero-order valence-electron chi connectivity index (χ0n) is 27.6. The number of carboxylic acid groups (broad SMARTS) is 1. The molecule has 4 aromatic rings. The van der Waals surface area contributed by atoms with Crippen LogP contribution in [0.25, 0.3) is 21.5 Å². The Balaban J connectivity index is 0.000000150. The van der Waals surface area contributed by atoms with Crippen molar-refractivity contribution >= 4 is 33.8 Å². The first-order chi connectivity index (χ1) is 22.9. The van der Waals surface area contributed by atoms with Crippen LogP contribution in [0.15, 0.2) is 72.8 Å². The number of fused-ring (bicyclic) bond motifs is 2. The van der Waals surface area contributed by atoms with Crippen LogP contribution in [0, 0.1) is 10.8 Å². The van der Waals surface area contributed by atoms with Gasteiger partial charge in [-0.1, -0.05) is 56.0 Å². The molecular weight excluding hydrogens is 584 g/mol. The number of benzene rings is 4. The second kappa shape index (κ2) is 13.7. The Morgan fingerprint density at radius 3 is 1.47 bits per heavy atom. The molecule has 4 aliphatic rings. The van der Waals surface area contributed by atoms with Gasteiger partial charge in [0.15, 0.2) is 0 Å². The number of carbonyl (C=O) groups is 2. The van der Waals surface area contributed by atoms with E-state index in [0.29, 0.717) is 28.6 Å². The van der Waals surface area contributed by atoms with E-state index < -0.39 is 5.97 Å². The first-order valence-corrected chi connectivity index (χ1v) is 18.0. The van der Waals surface area contributed by atoms with Gasteiger partial charge in [0.05, 0.1) is 17.8 Å². The molecule has 0 amide bonds. The number of aldehydes is 1. The van der Waals surface area contributed by atoms with Crippen molar-refractivity contribution < 1.29 is 24.2 Å². The molecule has 8 rings (SSSR count). The number of ether oxygens (including phenoxy) is 2. The quantitative estimate of drug-likeness (QED) is 0.214. The molecule has 0 unspecified atom stereocenters. The average molecular weight is 633 g/mol. The Hall–Kier alpha value is -3.86. The summed E-state index contributed by atoms with van der Waals surface area (Å²) < 4.78 is 12.5. The third kappa shape index (κ3) is 7.35. The fourth-order valence-corrected chi connectivity index (χ4v) is 9.10. The predicted octanol–water partition coefficient (Wildman–Crippen LogP) is 11.0. The summed E-state index contributed by atoms with van der Waals surface area (Å²) >= 11 is 0. The molecular formula is C42H48O5.